The van der Waals surface area contributed by atoms with Crippen molar-refractivity contribution in [2.45, 2.75) is 6.92 Å². The average Bonchev–Trinajstić information content (AvgIpc) is 3.12. The first-order valence-corrected chi connectivity index (χ1v) is 10.6. The summed E-state index contributed by atoms with van der Waals surface area (Å²) in [4.78, 5) is 63.8. The number of fused-ring (bicyclic) bond motifs is 1. The van der Waals surface area contributed by atoms with Gasteiger partial charge in [-0.3, -0.25) is 34.3 Å². The number of non-ortho nitro benzene ring substituents is 1. The zero-order valence-electron chi connectivity index (χ0n) is 18.5. The van der Waals surface area contributed by atoms with E-state index in [0.717, 1.165) is 4.90 Å². The number of ether oxygens (including phenoxy) is 1. The topological polar surface area (TPSA) is 127 Å². The van der Waals surface area contributed by atoms with Crippen LogP contribution in [0.5, 0.6) is 0 Å². The molecule has 0 aromatic heterocycles. The van der Waals surface area contributed by atoms with Crippen LogP contribution in [-0.2, 0) is 4.74 Å². The number of anilines is 1. The molecule has 0 N–H and O–H groups in total. The summed E-state index contributed by atoms with van der Waals surface area (Å²) in [6.45, 7) is 1.48. The molecule has 3 amide bonds. The normalized spacial score (nSPS) is 12.3. The van der Waals surface area contributed by atoms with Gasteiger partial charge in [-0.2, -0.15) is 0 Å². The predicted molar refractivity (Wildman–Crippen MR) is 124 cm³/mol. The molecule has 1 aliphatic heterocycles. The number of hydrogen-bond acceptors (Lipinski definition) is 7. The van der Waals surface area contributed by atoms with Gasteiger partial charge < -0.3 is 4.74 Å². The zero-order chi connectivity index (χ0) is 25.1. The Morgan fingerprint density at radius 1 is 0.886 bits per heavy atom. The standard InChI is InChI=1S/C25H19N3O7/c1-2-35-25(32)17-9-11-18(12-10-17)26(22(29)16-7-13-19(14-8-16)28(33)34)15-27-23(30)20-5-3-4-6-21(20)24(27)31/h3-14H,2,15H2,1H3. The smallest absolute Gasteiger partial charge is 0.338 e. The summed E-state index contributed by atoms with van der Waals surface area (Å²) in [5.41, 5.74) is 0.960. The molecule has 0 fully saturated rings. The number of nitro benzene ring substituents is 1. The number of carbonyl (C=O) groups excluding carboxylic acids is 4. The fourth-order valence-corrected chi connectivity index (χ4v) is 3.65. The summed E-state index contributed by atoms with van der Waals surface area (Å²) in [5.74, 6) is -2.22. The van der Waals surface area contributed by atoms with Crippen LogP contribution in [0.1, 0.15) is 48.4 Å². The van der Waals surface area contributed by atoms with Gasteiger partial charge >= 0.3 is 5.97 Å². The molecule has 0 radical (unpaired) electrons. The second kappa shape index (κ2) is 9.56. The molecule has 0 atom stereocenters. The zero-order valence-corrected chi connectivity index (χ0v) is 18.5. The first-order valence-electron chi connectivity index (χ1n) is 10.6. The molecular weight excluding hydrogens is 454 g/mol. The lowest BCUT2D eigenvalue weighted by Gasteiger charge is -2.27. The fourth-order valence-electron chi connectivity index (χ4n) is 3.65. The van der Waals surface area contributed by atoms with Crippen molar-refractivity contribution in [2.24, 2.45) is 0 Å². The van der Waals surface area contributed by atoms with E-state index < -0.39 is 35.3 Å². The largest absolute Gasteiger partial charge is 0.462 e. The van der Waals surface area contributed by atoms with Crippen LogP contribution in [-0.4, -0.2) is 46.8 Å². The van der Waals surface area contributed by atoms with Crippen molar-refractivity contribution >= 4 is 35.1 Å². The number of rotatable bonds is 7. The molecular formula is C25H19N3O7. The van der Waals surface area contributed by atoms with E-state index in [0.29, 0.717) is 5.69 Å². The highest BCUT2D eigenvalue weighted by atomic mass is 16.6. The molecule has 10 nitrogen and oxygen atoms in total. The van der Waals surface area contributed by atoms with Crippen molar-refractivity contribution in [3.63, 3.8) is 0 Å². The lowest BCUT2D eigenvalue weighted by molar-refractivity contribution is -0.384. The molecule has 3 aromatic carbocycles. The third-order valence-corrected chi connectivity index (χ3v) is 5.42. The van der Waals surface area contributed by atoms with Gasteiger partial charge in [-0.25, -0.2) is 4.79 Å². The minimum Gasteiger partial charge on any atom is -0.462 e. The third kappa shape index (κ3) is 4.49. The molecule has 35 heavy (non-hydrogen) atoms. The van der Waals surface area contributed by atoms with Gasteiger partial charge in [-0.1, -0.05) is 12.1 Å². The first kappa shape index (κ1) is 23.3. The van der Waals surface area contributed by atoms with Gasteiger partial charge in [0.1, 0.15) is 6.67 Å². The van der Waals surface area contributed by atoms with Crippen LogP contribution in [0.15, 0.2) is 72.8 Å². The molecule has 0 spiro atoms. The highest BCUT2D eigenvalue weighted by molar-refractivity contribution is 6.22. The molecule has 1 heterocycles. The SMILES string of the molecule is CCOC(=O)c1ccc(N(CN2C(=O)c3ccccc3C2=O)C(=O)c2ccc([N+](=O)[O-])cc2)cc1. The van der Waals surface area contributed by atoms with Crippen LogP contribution < -0.4 is 4.90 Å². The van der Waals surface area contributed by atoms with Crippen LogP contribution >= 0.6 is 0 Å². The van der Waals surface area contributed by atoms with Crippen LogP contribution in [0.4, 0.5) is 11.4 Å². The maximum absolute atomic E-state index is 13.4. The molecule has 1 aliphatic rings. The van der Waals surface area contributed by atoms with Crippen molar-refractivity contribution in [3.8, 4) is 0 Å². The van der Waals surface area contributed by atoms with Gasteiger partial charge in [-0.15, -0.1) is 0 Å². The predicted octanol–water partition coefficient (Wildman–Crippen LogP) is 3.67. The summed E-state index contributed by atoms with van der Waals surface area (Å²) < 4.78 is 4.98. The molecule has 176 valence electrons. The summed E-state index contributed by atoms with van der Waals surface area (Å²) in [7, 11) is 0. The number of esters is 1. The van der Waals surface area contributed by atoms with Crippen LogP contribution in [0.3, 0.4) is 0 Å². The number of amides is 3. The van der Waals surface area contributed by atoms with E-state index in [9.17, 15) is 29.3 Å². The van der Waals surface area contributed by atoms with Gasteiger partial charge in [0.15, 0.2) is 0 Å². The number of carbonyl (C=O) groups is 4. The quantitative estimate of drug-likeness (QED) is 0.222. The van der Waals surface area contributed by atoms with Crippen molar-refractivity contribution in [1.82, 2.24) is 4.90 Å². The first-order chi connectivity index (χ1) is 16.8. The maximum atomic E-state index is 13.4. The Balaban J connectivity index is 1.69. The number of nitrogens with zero attached hydrogens (tertiary/aromatic N) is 3. The Morgan fingerprint density at radius 2 is 1.43 bits per heavy atom. The van der Waals surface area contributed by atoms with Crippen LogP contribution in [0.25, 0.3) is 0 Å². The molecule has 0 unspecified atom stereocenters. The molecule has 0 saturated carbocycles. The second-order valence-corrected chi connectivity index (χ2v) is 7.53. The Labute approximate surface area is 199 Å². The van der Waals surface area contributed by atoms with Gasteiger partial charge in [-0.05, 0) is 55.5 Å². The number of benzene rings is 3. The van der Waals surface area contributed by atoms with Gasteiger partial charge in [0.05, 0.1) is 28.2 Å². The molecule has 3 aromatic rings. The maximum Gasteiger partial charge on any atom is 0.338 e. The number of imide groups is 1. The Morgan fingerprint density at radius 3 is 1.94 bits per heavy atom. The van der Waals surface area contributed by atoms with Crippen molar-refractivity contribution in [2.75, 3.05) is 18.2 Å². The molecule has 0 bridgehead atoms. The monoisotopic (exact) mass is 473 g/mol. The summed E-state index contributed by atoms with van der Waals surface area (Å²) in [6.07, 6.45) is 0. The Hall–Kier alpha value is -4.86. The van der Waals surface area contributed by atoms with Crippen LogP contribution in [0.2, 0.25) is 0 Å². The van der Waals surface area contributed by atoms with Crippen molar-refractivity contribution < 1.29 is 28.8 Å². The summed E-state index contributed by atoms with van der Waals surface area (Å²) in [5, 5.41) is 11.0. The minimum atomic E-state index is -0.597. The lowest BCUT2D eigenvalue weighted by Crippen LogP contribution is -2.44. The molecule has 0 aliphatic carbocycles. The summed E-state index contributed by atoms with van der Waals surface area (Å²) in [6, 6.07) is 17.2. The van der Waals surface area contributed by atoms with E-state index in [1.165, 1.54) is 65.6 Å². The van der Waals surface area contributed by atoms with E-state index >= 15 is 0 Å². The number of hydrogen-bond donors (Lipinski definition) is 0. The average molecular weight is 473 g/mol. The summed E-state index contributed by atoms with van der Waals surface area (Å²) >= 11 is 0. The molecule has 10 heteroatoms. The van der Waals surface area contributed by atoms with Crippen molar-refractivity contribution in [3.05, 3.63) is 105 Å². The molecule has 0 saturated heterocycles. The van der Waals surface area contributed by atoms with Gasteiger partial charge in [0.25, 0.3) is 23.4 Å². The third-order valence-electron chi connectivity index (χ3n) is 5.42. The van der Waals surface area contributed by atoms with E-state index in [-0.39, 0.29) is 34.5 Å². The van der Waals surface area contributed by atoms with Gasteiger partial charge in [0.2, 0.25) is 0 Å². The molecule has 4 rings (SSSR count). The van der Waals surface area contributed by atoms with Crippen LogP contribution in [0, 0.1) is 10.1 Å². The van der Waals surface area contributed by atoms with Crippen molar-refractivity contribution in [1.29, 1.82) is 0 Å². The highest BCUT2D eigenvalue weighted by Gasteiger charge is 2.37. The van der Waals surface area contributed by atoms with E-state index in [1.807, 2.05) is 0 Å². The minimum absolute atomic E-state index is 0.113. The number of nitro groups is 1. The highest BCUT2D eigenvalue weighted by Crippen LogP contribution is 2.26. The van der Waals surface area contributed by atoms with E-state index in [4.69, 9.17) is 4.74 Å². The second-order valence-electron chi connectivity index (χ2n) is 7.53. The van der Waals surface area contributed by atoms with Gasteiger partial charge in [0, 0.05) is 23.4 Å². The Kier molecular flexibility index (Phi) is 6.36. The Bertz CT molecular complexity index is 1300. The lowest BCUT2D eigenvalue weighted by atomic mass is 10.1. The fraction of sp³-hybridized carbons (Fsp3) is 0.120. The van der Waals surface area contributed by atoms with E-state index in [2.05, 4.69) is 0 Å². The van der Waals surface area contributed by atoms with E-state index in [1.54, 1.807) is 19.1 Å².